The van der Waals surface area contributed by atoms with Crippen LogP contribution >= 0.6 is 23.6 Å². The van der Waals surface area contributed by atoms with Gasteiger partial charge in [-0.2, -0.15) is 0 Å². The molecule has 0 spiro atoms. The number of nitrogens with one attached hydrogen (secondary N) is 1. The van der Waals surface area contributed by atoms with Crippen LogP contribution in [0.1, 0.15) is 48.9 Å². The van der Waals surface area contributed by atoms with E-state index in [-0.39, 0.29) is 0 Å². The lowest BCUT2D eigenvalue weighted by Crippen LogP contribution is -2.52. The summed E-state index contributed by atoms with van der Waals surface area (Å²) >= 11 is 7.52. The van der Waals surface area contributed by atoms with E-state index in [0.717, 1.165) is 69.5 Å². The number of nitrogens with zero attached hydrogens (tertiary/aromatic N) is 4. The Hall–Kier alpha value is -1.51. The van der Waals surface area contributed by atoms with Crippen molar-refractivity contribution in [3.05, 3.63) is 16.3 Å². The van der Waals surface area contributed by atoms with Gasteiger partial charge in [-0.15, -0.1) is 11.3 Å². The van der Waals surface area contributed by atoms with Crippen LogP contribution < -0.4 is 10.2 Å². The molecule has 3 heterocycles. The summed E-state index contributed by atoms with van der Waals surface area (Å²) in [6, 6.07) is 0. The third-order valence-corrected chi connectivity index (χ3v) is 7.57. The van der Waals surface area contributed by atoms with Crippen LogP contribution in [0.5, 0.6) is 0 Å². The van der Waals surface area contributed by atoms with Gasteiger partial charge in [-0.05, 0) is 56.3 Å². The van der Waals surface area contributed by atoms with Gasteiger partial charge < -0.3 is 19.9 Å². The second kappa shape index (κ2) is 10.2. The zero-order valence-electron chi connectivity index (χ0n) is 18.2. The number of hydrogen-bond acceptors (Lipinski definition) is 6. The van der Waals surface area contributed by atoms with Gasteiger partial charge in [-0.1, -0.05) is 6.92 Å². The molecular weight excluding hydrogens is 414 g/mol. The lowest BCUT2D eigenvalue weighted by molar-refractivity contribution is 0.195. The number of ether oxygens (including phenoxy) is 1. The highest BCUT2D eigenvalue weighted by Crippen LogP contribution is 2.40. The van der Waals surface area contributed by atoms with Gasteiger partial charge in [-0.25, -0.2) is 9.97 Å². The minimum absolute atomic E-state index is 0.762. The Bertz CT molecular complexity index is 876. The van der Waals surface area contributed by atoms with Gasteiger partial charge in [0.15, 0.2) is 5.11 Å². The molecule has 0 radical (unpaired) electrons. The number of fused-ring (bicyclic) bond motifs is 3. The fourth-order valence-corrected chi connectivity index (χ4v) is 5.95. The van der Waals surface area contributed by atoms with Crippen molar-refractivity contribution in [2.45, 2.75) is 51.9 Å². The molecule has 0 bridgehead atoms. The number of hydrogen-bond donors (Lipinski definition) is 1. The van der Waals surface area contributed by atoms with E-state index in [1.54, 1.807) is 12.0 Å². The fraction of sp³-hybridized carbons (Fsp3) is 0.682. The van der Waals surface area contributed by atoms with Crippen molar-refractivity contribution in [2.24, 2.45) is 0 Å². The normalized spacial score (nSPS) is 16.7. The first-order valence-corrected chi connectivity index (χ1v) is 12.5. The number of aryl methyl sites for hydroxylation is 3. The molecule has 2 aromatic heterocycles. The second-order valence-electron chi connectivity index (χ2n) is 8.16. The van der Waals surface area contributed by atoms with Crippen molar-refractivity contribution < 1.29 is 4.74 Å². The topological polar surface area (TPSA) is 53.5 Å². The number of thiocarbonyl (C=S) groups is 1. The van der Waals surface area contributed by atoms with Crippen LogP contribution in [0.25, 0.3) is 10.2 Å². The predicted molar refractivity (Wildman–Crippen MR) is 129 cm³/mol. The SMILES string of the molecule is CCCc1nc(N2CCN(C(=S)NCCCOC)CC2)c2c3c(sc2n1)CCCC3. The first-order valence-electron chi connectivity index (χ1n) is 11.3. The number of thiophene rings is 1. The summed E-state index contributed by atoms with van der Waals surface area (Å²) in [6.45, 7) is 7.57. The Morgan fingerprint density at radius 1 is 1.17 bits per heavy atom. The maximum absolute atomic E-state index is 5.61. The molecule has 1 fully saturated rings. The molecule has 2 aliphatic rings. The average molecular weight is 448 g/mol. The first-order chi connectivity index (χ1) is 14.7. The lowest BCUT2D eigenvalue weighted by atomic mass is 9.97. The smallest absolute Gasteiger partial charge is 0.169 e. The molecule has 0 amide bonds. The number of rotatable bonds is 7. The van der Waals surface area contributed by atoms with Crippen molar-refractivity contribution in [1.82, 2.24) is 20.2 Å². The second-order valence-corrected chi connectivity index (χ2v) is 9.63. The zero-order chi connectivity index (χ0) is 20.9. The summed E-state index contributed by atoms with van der Waals surface area (Å²) in [7, 11) is 1.73. The molecule has 6 nitrogen and oxygen atoms in total. The summed E-state index contributed by atoms with van der Waals surface area (Å²) in [5.74, 6) is 2.16. The van der Waals surface area contributed by atoms with E-state index in [9.17, 15) is 0 Å². The van der Waals surface area contributed by atoms with Gasteiger partial charge in [0.25, 0.3) is 0 Å². The van der Waals surface area contributed by atoms with Gasteiger partial charge in [0, 0.05) is 57.7 Å². The van der Waals surface area contributed by atoms with Crippen LogP contribution in [0.4, 0.5) is 5.82 Å². The largest absolute Gasteiger partial charge is 0.385 e. The molecule has 30 heavy (non-hydrogen) atoms. The van der Waals surface area contributed by atoms with Crippen LogP contribution in [0.3, 0.4) is 0 Å². The van der Waals surface area contributed by atoms with Gasteiger partial charge >= 0.3 is 0 Å². The Kier molecular flexibility index (Phi) is 7.38. The first kappa shape index (κ1) is 21.7. The van der Waals surface area contributed by atoms with E-state index >= 15 is 0 Å². The molecule has 1 saturated heterocycles. The van der Waals surface area contributed by atoms with E-state index in [4.69, 9.17) is 26.9 Å². The average Bonchev–Trinajstić information content (AvgIpc) is 3.15. The Morgan fingerprint density at radius 2 is 1.97 bits per heavy atom. The summed E-state index contributed by atoms with van der Waals surface area (Å²) in [5, 5.41) is 5.56. The van der Waals surface area contributed by atoms with Crippen molar-refractivity contribution >= 4 is 44.7 Å². The maximum Gasteiger partial charge on any atom is 0.169 e. The van der Waals surface area contributed by atoms with Crippen LogP contribution in [-0.4, -0.2) is 66.4 Å². The maximum atomic E-state index is 5.61. The number of piperazine rings is 1. The van der Waals surface area contributed by atoms with E-state index < -0.39 is 0 Å². The molecule has 0 unspecified atom stereocenters. The van der Waals surface area contributed by atoms with Gasteiger partial charge in [0.1, 0.15) is 16.5 Å². The minimum atomic E-state index is 0.762. The molecule has 1 aliphatic heterocycles. The molecule has 1 aliphatic carbocycles. The van der Waals surface area contributed by atoms with Gasteiger partial charge in [0.2, 0.25) is 0 Å². The molecular formula is C22H33N5OS2. The number of aromatic nitrogens is 2. The molecule has 2 aromatic rings. The highest BCUT2D eigenvalue weighted by Gasteiger charge is 2.26. The van der Waals surface area contributed by atoms with E-state index in [0.29, 0.717) is 0 Å². The Balaban J connectivity index is 1.50. The summed E-state index contributed by atoms with van der Waals surface area (Å²) in [5.41, 5.74) is 1.53. The number of anilines is 1. The molecule has 1 N–H and O–H groups in total. The third-order valence-electron chi connectivity index (χ3n) is 5.98. The third kappa shape index (κ3) is 4.70. The van der Waals surface area contributed by atoms with Crippen LogP contribution in [-0.2, 0) is 24.0 Å². The predicted octanol–water partition coefficient (Wildman–Crippen LogP) is 3.56. The van der Waals surface area contributed by atoms with Crippen LogP contribution in [0, 0.1) is 0 Å². The summed E-state index contributed by atoms with van der Waals surface area (Å²) in [6.07, 6.45) is 7.96. The quantitative estimate of drug-likeness (QED) is 0.514. The monoisotopic (exact) mass is 447 g/mol. The van der Waals surface area contributed by atoms with E-state index in [2.05, 4.69) is 22.0 Å². The fourth-order valence-electron chi connectivity index (χ4n) is 4.39. The summed E-state index contributed by atoms with van der Waals surface area (Å²) < 4.78 is 5.11. The number of methoxy groups -OCH3 is 1. The van der Waals surface area contributed by atoms with E-state index in [1.807, 2.05) is 11.3 Å². The van der Waals surface area contributed by atoms with Crippen LogP contribution in [0.2, 0.25) is 0 Å². The lowest BCUT2D eigenvalue weighted by Gasteiger charge is -2.37. The van der Waals surface area contributed by atoms with Gasteiger partial charge in [0.05, 0.1) is 5.39 Å². The molecule has 8 heteroatoms. The van der Waals surface area contributed by atoms with E-state index in [1.165, 1.54) is 47.3 Å². The Labute approximate surface area is 189 Å². The summed E-state index contributed by atoms with van der Waals surface area (Å²) in [4.78, 5) is 17.5. The van der Waals surface area contributed by atoms with Crippen molar-refractivity contribution in [3.63, 3.8) is 0 Å². The van der Waals surface area contributed by atoms with Crippen molar-refractivity contribution in [1.29, 1.82) is 0 Å². The van der Waals surface area contributed by atoms with Crippen molar-refractivity contribution in [2.75, 3.05) is 51.3 Å². The minimum Gasteiger partial charge on any atom is -0.385 e. The highest BCUT2D eigenvalue weighted by molar-refractivity contribution is 7.80. The van der Waals surface area contributed by atoms with Crippen molar-refractivity contribution in [3.8, 4) is 0 Å². The molecule has 0 aromatic carbocycles. The molecule has 0 saturated carbocycles. The molecule has 164 valence electrons. The zero-order valence-corrected chi connectivity index (χ0v) is 19.8. The van der Waals surface area contributed by atoms with Crippen LogP contribution in [0.15, 0.2) is 0 Å². The van der Waals surface area contributed by atoms with Gasteiger partial charge in [-0.3, -0.25) is 0 Å². The highest BCUT2D eigenvalue weighted by atomic mass is 32.1. The standard InChI is InChI=1S/C22H33N5OS2/c1-3-7-18-24-20(19-16-8-4-5-9-17(16)30-21(19)25-18)26-11-13-27(14-12-26)22(29)23-10-6-15-28-2/h3-15H2,1-2H3,(H,23,29). The molecule has 4 rings (SSSR count). The molecule has 0 atom stereocenters. The Morgan fingerprint density at radius 3 is 2.73 bits per heavy atom.